The Morgan fingerprint density at radius 3 is 2.81 bits per heavy atom. The van der Waals surface area contributed by atoms with Gasteiger partial charge in [0.15, 0.2) is 0 Å². The predicted octanol–water partition coefficient (Wildman–Crippen LogP) is 3.77. The molecule has 138 valence electrons. The number of para-hydroxylation sites is 2. The quantitative estimate of drug-likeness (QED) is 0.553. The smallest absolute Gasteiger partial charge is 0.222 e. The fraction of sp³-hybridized carbons (Fsp3) is 0.250. The van der Waals surface area contributed by atoms with Crippen LogP contribution in [0.4, 0.5) is 0 Å². The number of hydrogen-bond acceptors (Lipinski definition) is 3. The van der Waals surface area contributed by atoms with Gasteiger partial charge in [-0.15, -0.1) is 0 Å². The average molecular weight is 382 g/mol. The third-order valence-corrected chi connectivity index (χ3v) is 5.01. The molecule has 0 fully saturated rings. The van der Waals surface area contributed by atoms with Crippen molar-refractivity contribution in [3.63, 3.8) is 0 Å². The first-order valence-electron chi connectivity index (χ1n) is 8.98. The van der Waals surface area contributed by atoms with E-state index in [1.165, 1.54) is 0 Å². The van der Waals surface area contributed by atoms with E-state index < -0.39 is 0 Å². The van der Waals surface area contributed by atoms with Crippen LogP contribution in [-0.2, 0) is 24.4 Å². The second kappa shape index (κ2) is 7.40. The Balaban J connectivity index is 1.41. The van der Waals surface area contributed by atoms with E-state index in [2.05, 4.69) is 26.9 Å². The summed E-state index contributed by atoms with van der Waals surface area (Å²) < 4.78 is 3.93. The number of nitrogens with one attached hydrogen (secondary N) is 1. The number of imidazole rings is 1. The van der Waals surface area contributed by atoms with Crippen LogP contribution in [0.3, 0.4) is 0 Å². The Labute approximate surface area is 161 Å². The largest absolute Gasteiger partial charge is 0.349 e. The molecule has 0 aliphatic rings. The summed E-state index contributed by atoms with van der Waals surface area (Å²) in [6, 6.07) is 13.7. The standard InChI is InChI=1S/C20H20ClN5O/c1-2-25-18-8-4-3-7-16(18)24-19(25)13-22-20(27)10-11-26-17-9-5-6-15(21)14(17)12-23-26/h3-9,12H,2,10-11,13H2,1H3,(H,22,27). The molecule has 0 aliphatic carbocycles. The zero-order valence-corrected chi connectivity index (χ0v) is 15.8. The molecule has 2 aromatic heterocycles. The van der Waals surface area contributed by atoms with Gasteiger partial charge in [0, 0.05) is 18.4 Å². The van der Waals surface area contributed by atoms with Gasteiger partial charge in [0.25, 0.3) is 0 Å². The number of fused-ring (bicyclic) bond motifs is 2. The summed E-state index contributed by atoms with van der Waals surface area (Å²) in [4.78, 5) is 16.9. The first kappa shape index (κ1) is 17.5. The van der Waals surface area contributed by atoms with Crippen molar-refractivity contribution in [3.05, 3.63) is 59.5 Å². The van der Waals surface area contributed by atoms with Crippen molar-refractivity contribution in [2.75, 3.05) is 0 Å². The number of aromatic nitrogens is 4. The minimum atomic E-state index is -0.0320. The highest BCUT2D eigenvalue weighted by Gasteiger charge is 2.11. The van der Waals surface area contributed by atoms with Gasteiger partial charge in [-0.3, -0.25) is 9.48 Å². The molecular weight excluding hydrogens is 362 g/mol. The van der Waals surface area contributed by atoms with Crippen LogP contribution < -0.4 is 5.32 Å². The zero-order valence-electron chi connectivity index (χ0n) is 15.0. The van der Waals surface area contributed by atoms with E-state index in [0.29, 0.717) is 24.5 Å². The van der Waals surface area contributed by atoms with Gasteiger partial charge in [0.1, 0.15) is 5.82 Å². The molecule has 0 unspecified atom stereocenters. The summed E-state index contributed by atoms with van der Waals surface area (Å²) in [5.74, 6) is 0.832. The van der Waals surface area contributed by atoms with E-state index in [4.69, 9.17) is 11.6 Å². The highest BCUT2D eigenvalue weighted by molar-refractivity contribution is 6.35. The number of hydrogen-bond donors (Lipinski definition) is 1. The minimum Gasteiger partial charge on any atom is -0.349 e. The number of benzene rings is 2. The molecule has 6 nitrogen and oxygen atoms in total. The van der Waals surface area contributed by atoms with Crippen LogP contribution >= 0.6 is 11.6 Å². The second-order valence-corrected chi connectivity index (χ2v) is 6.74. The molecular formula is C20H20ClN5O. The molecule has 0 atom stereocenters. The van der Waals surface area contributed by atoms with Crippen molar-refractivity contribution in [1.82, 2.24) is 24.6 Å². The Morgan fingerprint density at radius 2 is 1.96 bits per heavy atom. The Morgan fingerprint density at radius 1 is 1.15 bits per heavy atom. The molecule has 0 saturated heterocycles. The van der Waals surface area contributed by atoms with Crippen molar-refractivity contribution < 1.29 is 4.79 Å². The molecule has 2 aromatic carbocycles. The van der Waals surface area contributed by atoms with Crippen molar-refractivity contribution in [2.45, 2.75) is 33.0 Å². The normalized spacial score (nSPS) is 11.3. The van der Waals surface area contributed by atoms with E-state index in [1.54, 1.807) is 6.20 Å². The van der Waals surface area contributed by atoms with Crippen LogP contribution in [0.25, 0.3) is 21.9 Å². The van der Waals surface area contributed by atoms with Crippen LogP contribution in [-0.4, -0.2) is 25.2 Å². The van der Waals surface area contributed by atoms with Gasteiger partial charge in [0.2, 0.25) is 5.91 Å². The highest BCUT2D eigenvalue weighted by atomic mass is 35.5. The van der Waals surface area contributed by atoms with E-state index in [1.807, 2.05) is 47.1 Å². The topological polar surface area (TPSA) is 64.7 Å². The van der Waals surface area contributed by atoms with E-state index in [9.17, 15) is 4.79 Å². The number of amides is 1. The molecule has 0 bridgehead atoms. The number of carbonyl (C=O) groups is 1. The van der Waals surface area contributed by atoms with Crippen molar-refractivity contribution in [1.29, 1.82) is 0 Å². The average Bonchev–Trinajstić information content (AvgIpc) is 3.26. The Hall–Kier alpha value is -2.86. The van der Waals surface area contributed by atoms with E-state index >= 15 is 0 Å². The molecule has 7 heteroatoms. The summed E-state index contributed by atoms with van der Waals surface area (Å²) in [5, 5.41) is 8.87. The molecule has 27 heavy (non-hydrogen) atoms. The monoisotopic (exact) mass is 381 g/mol. The molecule has 1 N–H and O–H groups in total. The van der Waals surface area contributed by atoms with Crippen LogP contribution in [0.1, 0.15) is 19.2 Å². The number of nitrogens with zero attached hydrogens (tertiary/aromatic N) is 4. The lowest BCUT2D eigenvalue weighted by Gasteiger charge is -2.08. The molecule has 4 rings (SSSR count). The van der Waals surface area contributed by atoms with Gasteiger partial charge >= 0.3 is 0 Å². The lowest BCUT2D eigenvalue weighted by molar-refractivity contribution is -0.121. The fourth-order valence-electron chi connectivity index (χ4n) is 3.33. The highest BCUT2D eigenvalue weighted by Crippen LogP contribution is 2.22. The molecule has 0 spiro atoms. The lowest BCUT2D eigenvalue weighted by Crippen LogP contribution is -2.25. The first-order chi connectivity index (χ1) is 13.2. The summed E-state index contributed by atoms with van der Waals surface area (Å²) in [6.45, 7) is 3.80. The van der Waals surface area contributed by atoms with Gasteiger partial charge in [-0.05, 0) is 31.2 Å². The van der Waals surface area contributed by atoms with Crippen LogP contribution in [0.5, 0.6) is 0 Å². The number of halogens is 1. The molecule has 0 aliphatic heterocycles. The number of rotatable bonds is 6. The maximum absolute atomic E-state index is 12.3. The summed E-state index contributed by atoms with van der Waals surface area (Å²) >= 11 is 6.17. The Bertz CT molecular complexity index is 1110. The van der Waals surface area contributed by atoms with Crippen molar-refractivity contribution >= 4 is 39.4 Å². The van der Waals surface area contributed by atoms with Gasteiger partial charge in [0.05, 0.1) is 40.9 Å². The van der Waals surface area contributed by atoms with Crippen LogP contribution in [0.15, 0.2) is 48.7 Å². The zero-order chi connectivity index (χ0) is 18.8. The van der Waals surface area contributed by atoms with Crippen LogP contribution in [0.2, 0.25) is 5.02 Å². The summed E-state index contributed by atoms with van der Waals surface area (Å²) in [7, 11) is 0. The van der Waals surface area contributed by atoms with E-state index in [0.717, 1.165) is 34.3 Å². The predicted molar refractivity (Wildman–Crippen MR) is 107 cm³/mol. The SMILES string of the molecule is CCn1c(CNC(=O)CCn2ncc3c(Cl)cccc32)nc2ccccc21. The molecule has 0 saturated carbocycles. The van der Waals surface area contributed by atoms with Crippen molar-refractivity contribution in [3.8, 4) is 0 Å². The van der Waals surface area contributed by atoms with Gasteiger partial charge < -0.3 is 9.88 Å². The second-order valence-electron chi connectivity index (χ2n) is 6.33. The fourth-order valence-corrected chi connectivity index (χ4v) is 3.55. The van der Waals surface area contributed by atoms with Crippen molar-refractivity contribution in [2.24, 2.45) is 0 Å². The number of aryl methyl sites for hydroxylation is 2. The summed E-state index contributed by atoms with van der Waals surface area (Å²) in [6.07, 6.45) is 2.08. The molecule has 4 aromatic rings. The minimum absolute atomic E-state index is 0.0320. The number of carbonyl (C=O) groups excluding carboxylic acids is 1. The maximum Gasteiger partial charge on any atom is 0.222 e. The third-order valence-electron chi connectivity index (χ3n) is 4.68. The van der Waals surface area contributed by atoms with Crippen LogP contribution in [0, 0.1) is 0 Å². The third kappa shape index (κ3) is 3.40. The van der Waals surface area contributed by atoms with Gasteiger partial charge in [-0.1, -0.05) is 29.8 Å². The van der Waals surface area contributed by atoms with Gasteiger partial charge in [-0.2, -0.15) is 5.10 Å². The molecule has 2 heterocycles. The maximum atomic E-state index is 12.3. The molecule has 0 radical (unpaired) electrons. The van der Waals surface area contributed by atoms with Gasteiger partial charge in [-0.25, -0.2) is 4.98 Å². The molecule has 1 amide bonds. The Kier molecular flexibility index (Phi) is 4.81. The lowest BCUT2D eigenvalue weighted by atomic mass is 10.2. The summed E-state index contributed by atoms with van der Waals surface area (Å²) in [5.41, 5.74) is 2.97. The first-order valence-corrected chi connectivity index (χ1v) is 9.36. The van der Waals surface area contributed by atoms with E-state index in [-0.39, 0.29) is 5.91 Å².